The Morgan fingerprint density at radius 3 is 2.73 bits per heavy atom. The smallest absolute Gasteiger partial charge is 0.317 e. The summed E-state index contributed by atoms with van der Waals surface area (Å²) in [6.45, 7) is 1.88. The van der Waals surface area contributed by atoms with Crippen LogP contribution in [0.15, 0.2) is 30.6 Å². The number of nitrogens with zero attached hydrogens (tertiary/aromatic N) is 3. The highest BCUT2D eigenvalue weighted by Crippen LogP contribution is 2.23. The van der Waals surface area contributed by atoms with Crippen molar-refractivity contribution >= 4 is 6.03 Å². The lowest BCUT2D eigenvalue weighted by Gasteiger charge is -2.32. The Kier molecular flexibility index (Phi) is 5.85. The van der Waals surface area contributed by atoms with Gasteiger partial charge in [-0.2, -0.15) is 5.10 Å². The lowest BCUT2D eigenvalue weighted by molar-refractivity contribution is 0.168. The van der Waals surface area contributed by atoms with Crippen LogP contribution in [0.5, 0.6) is 0 Å². The zero-order valence-corrected chi connectivity index (χ0v) is 14.9. The first-order valence-corrected chi connectivity index (χ1v) is 8.95. The van der Waals surface area contributed by atoms with Gasteiger partial charge in [-0.3, -0.25) is 4.68 Å². The fraction of sp³-hybridized carbons (Fsp3) is 0.474. The monoisotopic (exact) mass is 362 g/mol. The second-order valence-corrected chi connectivity index (χ2v) is 6.89. The Labute approximate surface area is 152 Å². The van der Waals surface area contributed by atoms with Gasteiger partial charge in [-0.05, 0) is 43.2 Å². The molecular formula is C19H24F2N4O. The number of likely N-dealkylation sites (tertiary alicyclic amines) is 1. The van der Waals surface area contributed by atoms with Crippen molar-refractivity contribution in [1.29, 1.82) is 0 Å². The van der Waals surface area contributed by atoms with Crippen LogP contribution in [0, 0.1) is 17.6 Å². The molecule has 2 heterocycles. The number of halogens is 2. The Hall–Kier alpha value is -2.44. The van der Waals surface area contributed by atoms with E-state index in [1.165, 1.54) is 12.1 Å². The van der Waals surface area contributed by atoms with E-state index in [-0.39, 0.29) is 6.03 Å². The van der Waals surface area contributed by atoms with Gasteiger partial charge in [0, 0.05) is 44.5 Å². The standard InChI is InChI=1S/C19H24F2N4O/c1-24-13-15(12-23-24)11-22-19(26)25-8-6-14(7-9-25)2-3-16-4-5-17(20)10-18(16)21/h4-5,10,12-14H,2-3,6-9,11H2,1H3,(H,22,26). The molecule has 1 aromatic heterocycles. The Morgan fingerprint density at radius 1 is 1.31 bits per heavy atom. The third kappa shape index (κ3) is 4.80. The minimum Gasteiger partial charge on any atom is -0.334 e. The summed E-state index contributed by atoms with van der Waals surface area (Å²) >= 11 is 0. The summed E-state index contributed by atoms with van der Waals surface area (Å²) in [6.07, 6.45) is 6.88. The number of urea groups is 1. The first-order valence-electron chi connectivity index (χ1n) is 8.95. The van der Waals surface area contributed by atoms with Crippen LogP contribution in [0.4, 0.5) is 13.6 Å². The van der Waals surface area contributed by atoms with Crippen molar-refractivity contribution in [3.8, 4) is 0 Å². The zero-order valence-electron chi connectivity index (χ0n) is 14.9. The summed E-state index contributed by atoms with van der Waals surface area (Å²) in [5.41, 5.74) is 1.53. The highest BCUT2D eigenvalue weighted by atomic mass is 19.1. The molecule has 0 spiro atoms. The number of aryl methyl sites for hydroxylation is 2. The molecule has 1 N–H and O–H groups in total. The van der Waals surface area contributed by atoms with Crippen LogP contribution in [0.2, 0.25) is 0 Å². The molecule has 0 bridgehead atoms. The molecule has 1 fully saturated rings. The predicted molar refractivity (Wildman–Crippen MR) is 94.4 cm³/mol. The summed E-state index contributed by atoms with van der Waals surface area (Å²) < 4.78 is 28.3. The van der Waals surface area contributed by atoms with Crippen molar-refractivity contribution in [2.75, 3.05) is 13.1 Å². The first kappa shape index (κ1) is 18.4. The summed E-state index contributed by atoms with van der Waals surface area (Å²) in [7, 11) is 1.84. The van der Waals surface area contributed by atoms with Gasteiger partial charge in [0.1, 0.15) is 11.6 Å². The fourth-order valence-electron chi connectivity index (χ4n) is 3.36. The second kappa shape index (κ2) is 8.29. The number of amides is 2. The quantitative estimate of drug-likeness (QED) is 0.888. The molecule has 0 unspecified atom stereocenters. The van der Waals surface area contributed by atoms with Gasteiger partial charge < -0.3 is 10.2 Å². The highest BCUT2D eigenvalue weighted by molar-refractivity contribution is 5.74. The van der Waals surface area contributed by atoms with E-state index in [0.717, 1.165) is 30.9 Å². The van der Waals surface area contributed by atoms with Crippen LogP contribution >= 0.6 is 0 Å². The van der Waals surface area contributed by atoms with E-state index in [4.69, 9.17) is 0 Å². The van der Waals surface area contributed by atoms with Gasteiger partial charge >= 0.3 is 6.03 Å². The van der Waals surface area contributed by atoms with Crippen molar-refractivity contribution in [3.05, 3.63) is 53.4 Å². The van der Waals surface area contributed by atoms with E-state index < -0.39 is 11.6 Å². The molecule has 0 atom stereocenters. The van der Waals surface area contributed by atoms with Crippen LogP contribution in [0.25, 0.3) is 0 Å². The molecule has 1 aliphatic rings. The number of piperidine rings is 1. The van der Waals surface area contributed by atoms with Gasteiger partial charge in [-0.15, -0.1) is 0 Å². The van der Waals surface area contributed by atoms with Crippen LogP contribution in [-0.2, 0) is 20.0 Å². The molecule has 1 saturated heterocycles. The van der Waals surface area contributed by atoms with Crippen LogP contribution in [0.3, 0.4) is 0 Å². The molecule has 0 radical (unpaired) electrons. The predicted octanol–water partition coefficient (Wildman–Crippen LogP) is 3.25. The number of aromatic nitrogens is 2. The number of nitrogens with one attached hydrogen (secondary N) is 1. The lowest BCUT2D eigenvalue weighted by atomic mass is 9.90. The maximum atomic E-state index is 13.7. The molecule has 0 saturated carbocycles. The molecule has 7 heteroatoms. The van der Waals surface area contributed by atoms with Crippen molar-refractivity contribution < 1.29 is 13.6 Å². The molecule has 0 aliphatic carbocycles. The van der Waals surface area contributed by atoms with E-state index in [1.54, 1.807) is 10.9 Å². The van der Waals surface area contributed by atoms with E-state index in [2.05, 4.69) is 10.4 Å². The van der Waals surface area contributed by atoms with Crippen molar-refractivity contribution in [1.82, 2.24) is 20.0 Å². The average Bonchev–Trinajstić information content (AvgIpc) is 3.05. The van der Waals surface area contributed by atoms with E-state index >= 15 is 0 Å². The number of rotatable bonds is 5. The summed E-state index contributed by atoms with van der Waals surface area (Å²) in [6, 6.07) is 3.70. The normalized spacial score (nSPS) is 15.3. The third-order valence-electron chi connectivity index (χ3n) is 4.94. The van der Waals surface area contributed by atoms with Crippen molar-refractivity contribution in [2.24, 2.45) is 13.0 Å². The van der Waals surface area contributed by atoms with E-state index in [1.807, 2.05) is 18.1 Å². The minimum absolute atomic E-state index is 0.0584. The fourth-order valence-corrected chi connectivity index (χ4v) is 3.36. The molecule has 2 aromatic rings. The maximum Gasteiger partial charge on any atom is 0.317 e. The molecule has 26 heavy (non-hydrogen) atoms. The van der Waals surface area contributed by atoms with Crippen LogP contribution in [-0.4, -0.2) is 33.8 Å². The summed E-state index contributed by atoms with van der Waals surface area (Å²) in [5, 5.41) is 6.99. The molecule has 3 rings (SSSR count). The molecule has 1 aliphatic heterocycles. The third-order valence-corrected chi connectivity index (χ3v) is 4.94. The number of hydrogen-bond acceptors (Lipinski definition) is 2. The SMILES string of the molecule is Cn1cc(CNC(=O)N2CCC(CCc3ccc(F)cc3F)CC2)cn1. The lowest BCUT2D eigenvalue weighted by Crippen LogP contribution is -2.44. The van der Waals surface area contributed by atoms with Crippen molar-refractivity contribution in [3.63, 3.8) is 0 Å². The number of carbonyl (C=O) groups is 1. The number of carbonyl (C=O) groups excluding carboxylic acids is 1. The number of benzene rings is 1. The largest absolute Gasteiger partial charge is 0.334 e. The molecule has 1 aromatic carbocycles. The molecule has 5 nitrogen and oxygen atoms in total. The Morgan fingerprint density at radius 2 is 2.08 bits per heavy atom. The summed E-state index contributed by atoms with van der Waals surface area (Å²) in [4.78, 5) is 14.1. The van der Waals surface area contributed by atoms with E-state index in [0.29, 0.717) is 37.5 Å². The number of hydrogen-bond donors (Lipinski definition) is 1. The average molecular weight is 362 g/mol. The Bertz CT molecular complexity index is 754. The maximum absolute atomic E-state index is 13.7. The highest BCUT2D eigenvalue weighted by Gasteiger charge is 2.22. The van der Waals surface area contributed by atoms with Gasteiger partial charge in [0.2, 0.25) is 0 Å². The van der Waals surface area contributed by atoms with Crippen LogP contribution in [0.1, 0.15) is 30.4 Å². The van der Waals surface area contributed by atoms with Crippen molar-refractivity contribution in [2.45, 2.75) is 32.2 Å². The van der Waals surface area contributed by atoms with Gasteiger partial charge in [0.05, 0.1) is 6.20 Å². The topological polar surface area (TPSA) is 50.2 Å². The minimum atomic E-state index is -0.545. The zero-order chi connectivity index (χ0) is 18.5. The molecular weight excluding hydrogens is 338 g/mol. The Balaban J connectivity index is 1.40. The van der Waals surface area contributed by atoms with E-state index in [9.17, 15) is 13.6 Å². The van der Waals surface area contributed by atoms with Gasteiger partial charge in [0.25, 0.3) is 0 Å². The van der Waals surface area contributed by atoms with Gasteiger partial charge in [-0.25, -0.2) is 13.6 Å². The molecule has 2 amide bonds. The first-order chi connectivity index (χ1) is 12.5. The van der Waals surface area contributed by atoms with Gasteiger partial charge in [0.15, 0.2) is 0 Å². The summed E-state index contributed by atoms with van der Waals surface area (Å²) in [5.74, 6) is -0.559. The second-order valence-electron chi connectivity index (χ2n) is 6.89. The molecule has 140 valence electrons. The van der Waals surface area contributed by atoms with Crippen LogP contribution < -0.4 is 5.32 Å². The van der Waals surface area contributed by atoms with Gasteiger partial charge in [-0.1, -0.05) is 6.07 Å².